The van der Waals surface area contributed by atoms with Gasteiger partial charge in [-0.25, -0.2) is 0 Å². The Morgan fingerprint density at radius 2 is 1.76 bits per heavy atom. The van der Waals surface area contributed by atoms with Crippen molar-refractivity contribution in [3.8, 4) is 11.5 Å². The molecule has 0 bridgehead atoms. The molecule has 2 saturated carbocycles. The molecule has 21 heavy (non-hydrogen) atoms. The third kappa shape index (κ3) is 3.00. The van der Waals surface area contributed by atoms with E-state index in [0.29, 0.717) is 11.1 Å². The predicted molar refractivity (Wildman–Crippen MR) is 85.2 cm³/mol. The van der Waals surface area contributed by atoms with Gasteiger partial charge in [-0.05, 0) is 50.2 Å². The summed E-state index contributed by atoms with van der Waals surface area (Å²) in [6.07, 6.45) is 9.30. The van der Waals surface area contributed by atoms with E-state index in [-0.39, 0.29) is 5.54 Å². The maximum absolute atomic E-state index is 6.54. The lowest BCUT2D eigenvalue weighted by Gasteiger charge is -2.27. The van der Waals surface area contributed by atoms with Crippen molar-refractivity contribution < 1.29 is 9.47 Å². The molecule has 116 valence electrons. The molecule has 0 amide bonds. The first-order chi connectivity index (χ1) is 10.1. The van der Waals surface area contributed by atoms with Gasteiger partial charge in [-0.2, -0.15) is 0 Å². The summed E-state index contributed by atoms with van der Waals surface area (Å²) < 4.78 is 11.6. The summed E-state index contributed by atoms with van der Waals surface area (Å²) in [5.41, 5.74) is 7.23. The second kappa shape index (κ2) is 6.05. The normalized spacial score (nSPS) is 21.7. The SMILES string of the molecule is COc1cc(C2(N)CCCC2)c(Cl)cc1OC1CCCC1. The van der Waals surface area contributed by atoms with Crippen LogP contribution >= 0.6 is 11.6 Å². The van der Waals surface area contributed by atoms with Crippen molar-refractivity contribution in [1.82, 2.24) is 0 Å². The summed E-state index contributed by atoms with van der Waals surface area (Å²) in [5.74, 6) is 1.50. The van der Waals surface area contributed by atoms with Gasteiger partial charge in [-0.3, -0.25) is 0 Å². The molecule has 0 atom stereocenters. The van der Waals surface area contributed by atoms with E-state index >= 15 is 0 Å². The van der Waals surface area contributed by atoms with Gasteiger partial charge in [0.25, 0.3) is 0 Å². The molecule has 0 aliphatic heterocycles. The van der Waals surface area contributed by atoms with Crippen LogP contribution in [0.5, 0.6) is 11.5 Å². The number of hydrogen-bond donors (Lipinski definition) is 1. The van der Waals surface area contributed by atoms with Crippen molar-refractivity contribution in [1.29, 1.82) is 0 Å². The minimum atomic E-state index is -0.309. The Kier molecular flexibility index (Phi) is 4.32. The zero-order chi connectivity index (χ0) is 14.9. The molecular formula is C17H24ClNO2. The highest BCUT2D eigenvalue weighted by atomic mass is 35.5. The predicted octanol–water partition coefficient (Wildman–Crippen LogP) is 4.40. The van der Waals surface area contributed by atoms with Crippen LogP contribution in [0.3, 0.4) is 0 Å². The highest BCUT2D eigenvalue weighted by Gasteiger charge is 2.34. The van der Waals surface area contributed by atoms with Crippen molar-refractivity contribution in [2.75, 3.05) is 7.11 Å². The highest BCUT2D eigenvalue weighted by molar-refractivity contribution is 6.31. The lowest BCUT2D eigenvalue weighted by Crippen LogP contribution is -2.33. The van der Waals surface area contributed by atoms with E-state index < -0.39 is 0 Å². The van der Waals surface area contributed by atoms with Gasteiger partial charge >= 0.3 is 0 Å². The van der Waals surface area contributed by atoms with Crippen molar-refractivity contribution in [2.45, 2.75) is 63.0 Å². The fraction of sp³-hybridized carbons (Fsp3) is 0.647. The van der Waals surface area contributed by atoms with E-state index in [1.165, 1.54) is 12.8 Å². The number of rotatable bonds is 4. The fourth-order valence-corrected chi connectivity index (χ4v) is 3.97. The molecule has 0 radical (unpaired) electrons. The number of nitrogens with two attached hydrogens (primary N) is 1. The molecule has 0 saturated heterocycles. The van der Waals surface area contributed by atoms with Crippen LogP contribution in [0.2, 0.25) is 5.02 Å². The molecule has 1 aromatic rings. The third-order valence-corrected chi connectivity index (χ3v) is 5.19. The minimum Gasteiger partial charge on any atom is -0.493 e. The first-order valence-electron chi connectivity index (χ1n) is 7.96. The molecule has 3 nitrogen and oxygen atoms in total. The van der Waals surface area contributed by atoms with Gasteiger partial charge in [0.15, 0.2) is 11.5 Å². The standard InChI is InChI=1S/C17H24ClNO2/c1-20-15-10-13(17(19)8-4-5-9-17)14(18)11-16(15)21-12-6-2-3-7-12/h10-12H,2-9,19H2,1H3. The molecule has 0 heterocycles. The molecule has 2 N–H and O–H groups in total. The van der Waals surface area contributed by atoms with Gasteiger partial charge in [-0.15, -0.1) is 0 Å². The van der Waals surface area contributed by atoms with Crippen molar-refractivity contribution in [3.05, 3.63) is 22.7 Å². The maximum atomic E-state index is 6.54. The Hall–Kier alpha value is -0.930. The Bertz CT molecular complexity index is 506. The molecule has 2 aliphatic rings. The number of ether oxygens (including phenoxy) is 2. The third-order valence-electron chi connectivity index (χ3n) is 4.88. The second-order valence-corrected chi connectivity index (χ2v) is 6.78. The van der Waals surface area contributed by atoms with Gasteiger partial charge in [0.1, 0.15) is 0 Å². The van der Waals surface area contributed by atoms with Crippen LogP contribution in [0, 0.1) is 0 Å². The van der Waals surface area contributed by atoms with Crippen LogP contribution in [0.1, 0.15) is 56.9 Å². The highest BCUT2D eigenvalue weighted by Crippen LogP contribution is 2.44. The van der Waals surface area contributed by atoms with Crippen molar-refractivity contribution in [2.24, 2.45) is 5.73 Å². The monoisotopic (exact) mass is 309 g/mol. The molecule has 0 aromatic heterocycles. The van der Waals surface area contributed by atoms with Crippen LogP contribution in [0.25, 0.3) is 0 Å². The number of methoxy groups -OCH3 is 1. The Balaban J connectivity index is 1.90. The van der Waals surface area contributed by atoms with Crippen LogP contribution in [0.15, 0.2) is 12.1 Å². The van der Waals surface area contributed by atoms with E-state index in [1.807, 2.05) is 12.1 Å². The van der Waals surface area contributed by atoms with Crippen LogP contribution in [0.4, 0.5) is 0 Å². The number of halogens is 1. The van der Waals surface area contributed by atoms with Gasteiger partial charge in [0.05, 0.1) is 13.2 Å². The van der Waals surface area contributed by atoms with E-state index in [0.717, 1.165) is 55.6 Å². The van der Waals surface area contributed by atoms with E-state index in [4.69, 9.17) is 26.8 Å². The largest absolute Gasteiger partial charge is 0.493 e. The zero-order valence-electron chi connectivity index (χ0n) is 12.7. The van der Waals surface area contributed by atoms with Crippen LogP contribution < -0.4 is 15.2 Å². The van der Waals surface area contributed by atoms with E-state index in [2.05, 4.69) is 0 Å². The molecule has 2 aliphatic carbocycles. The maximum Gasteiger partial charge on any atom is 0.163 e. The summed E-state index contributed by atoms with van der Waals surface area (Å²) >= 11 is 6.50. The second-order valence-electron chi connectivity index (χ2n) is 6.37. The quantitative estimate of drug-likeness (QED) is 0.896. The smallest absolute Gasteiger partial charge is 0.163 e. The summed E-state index contributed by atoms with van der Waals surface area (Å²) in [7, 11) is 1.67. The Morgan fingerprint density at radius 1 is 1.10 bits per heavy atom. The lowest BCUT2D eigenvalue weighted by atomic mass is 9.89. The molecule has 1 aromatic carbocycles. The molecule has 0 unspecified atom stereocenters. The Labute approximate surface area is 131 Å². The molecule has 2 fully saturated rings. The van der Waals surface area contributed by atoms with E-state index in [9.17, 15) is 0 Å². The first-order valence-corrected chi connectivity index (χ1v) is 8.34. The van der Waals surface area contributed by atoms with Crippen LogP contribution in [-0.2, 0) is 5.54 Å². The number of hydrogen-bond acceptors (Lipinski definition) is 3. The average molecular weight is 310 g/mol. The van der Waals surface area contributed by atoms with Crippen molar-refractivity contribution in [3.63, 3.8) is 0 Å². The zero-order valence-corrected chi connectivity index (χ0v) is 13.4. The van der Waals surface area contributed by atoms with Gasteiger partial charge in [-0.1, -0.05) is 24.4 Å². The lowest BCUT2D eigenvalue weighted by molar-refractivity contribution is 0.200. The molecule has 3 rings (SSSR count). The van der Waals surface area contributed by atoms with Gasteiger partial charge in [0, 0.05) is 16.6 Å². The summed E-state index contributed by atoms with van der Waals surface area (Å²) in [5, 5.41) is 0.702. The number of benzene rings is 1. The summed E-state index contributed by atoms with van der Waals surface area (Å²) in [6, 6.07) is 3.87. The molecule has 0 spiro atoms. The van der Waals surface area contributed by atoms with Crippen LogP contribution in [-0.4, -0.2) is 13.2 Å². The average Bonchev–Trinajstić information content (AvgIpc) is 3.11. The minimum absolute atomic E-state index is 0.291. The summed E-state index contributed by atoms with van der Waals surface area (Å²) in [6.45, 7) is 0. The molecule has 4 heteroatoms. The molecular weight excluding hydrogens is 286 g/mol. The van der Waals surface area contributed by atoms with Crippen molar-refractivity contribution >= 4 is 11.6 Å². The Morgan fingerprint density at radius 3 is 2.38 bits per heavy atom. The topological polar surface area (TPSA) is 44.5 Å². The first kappa shape index (κ1) is 15.0. The van der Waals surface area contributed by atoms with E-state index in [1.54, 1.807) is 7.11 Å². The van der Waals surface area contributed by atoms with Gasteiger partial charge in [0.2, 0.25) is 0 Å². The van der Waals surface area contributed by atoms with Gasteiger partial charge < -0.3 is 15.2 Å². The fourth-order valence-electron chi connectivity index (χ4n) is 3.63. The summed E-state index contributed by atoms with van der Waals surface area (Å²) in [4.78, 5) is 0.